The summed E-state index contributed by atoms with van der Waals surface area (Å²) >= 11 is 0. The van der Waals surface area contributed by atoms with Gasteiger partial charge in [-0.2, -0.15) is 0 Å². The minimum absolute atomic E-state index is 0.118. The number of Topliss-reactive ketones (excluding diaryl/α,β-unsaturated/α-hetero) is 1. The van der Waals surface area contributed by atoms with Gasteiger partial charge in [-0.3, -0.25) is 14.6 Å². The molecule has 0 amide bonds. The molecule has 24 heavy (non-hydrogen) atoms. The fourth-order valence-corrected chi connectivity index (χ4v) is 4.66. The monoisotopic (exact) mass is 328 g/mol. The Balaban J connectivity index is 1.41. The third-order valence-electron chi connectivity index (χ3n) is 6.21. The summed E-state index contributed by atoms with van der Waals surface area (Å²) in [4.78, 5) is 16.9. The van der Waals surface area contributed by atoms with Gasteiger partial charge in [-0.05, 0) is 57.2 Å². The van der Waals surface area contributed by atoms with Crippen molar-refractivity contribution in [3.63, 3.8) is 0 Å². The largest absolute Gasteiger partial charge is 0.494 e. The van der Waals surface area contributed by atoms with E-state index in [9.17, 15) is 4.79 Å². The predicted molar refractivity (Wildman–Crippen MR) is 94.5 cm³/mol. The van der Waals surface area contributed by atoms with Crippen molar-refractivity contribution in [3.05, 3.63) is 29.3 Å². The molecule has 1 aromatic carbocycles. The molecule has 0 radical (unpaired) electrons. The molecule has 4 aliphatic rings. The van der Waals surface area contributed by atoms with Crippen LogP contribution >= 0.6 is 0 Å². The molecule has 0 N–H and O–H groups in total. The molecule has 3 saturated carbocycles. The van der Waals surface area contributed by atoms with Crippen molar-refractivity contribution in [1.29, 1.82) is 0 Å². The Bertz CT molecular complexity index is 618. The average molecular weight is 328 g/mol. The zero-order chi connectivity index (χ0) is 16.7. The normalized spacial score (nSPS) is 29.7. The molecular weight excluding hydrogens is 300 g/mol. The second-order valence-corrected chi connectivity index (χ2v) is 7.78. The van der Waals surface area contributed by atoms with Crippen LogP contribution in [0.2, 0.25) is 0 Å². The van der Waals surface area contributed by atoms with Gasteiger partial charge in [0.1, 0.15) is 5.75 Å². The Morgan fingerprint density at radius 3 is 2.46 bits per heavy atom. The summed E-state index contributed by atoms with van der Waals surface area (Å²) in [7, 11) is 0. The van der Waals surface area contributed by atoms with Crippen LogP contribution in [0, 0.1) is 5.92 Å². The fraction of sp³-hybridized carbons (Fsp3) is 0.650. The summed E-state index contributed by atoms with van der Waals surface area (Å²) in [6.07, 6.45) is 4.34. The molecule has 0 aromatic heterocycles. The van der Waals surface area contributed by atoms with Crippen molar-refractivity contribution in [2.45, 2.75) is 45.2 Å². The summed E-state index contributed by atoms with van der Waals surface area (Å²) < 4.78 is 5.77. The summed E-state index contributed by atoms with van der Waals surface area (Å²) in [6, 6.07) is 5.84. The van der Waals surface area contributed by atoms with Gasteiger partial charge < -0.3 is 4.74 Å². The Morgan fingerprint density at radius 1 is 1.21 bits per heavy atom. The molecule has 4 nitrogen and oxygen atoms in total. The Labute approximate surface area is 144 Å². The van der Waals surface area contributed by atoms with Gasteiger partial charge in [0.2, 0.25) is 0 Å². The second kappa shape index (κ2) is 6.16. The quantitative estimate of drug-likeness (QED) is 0.752. The number of carbonyl (C=O) groups excluding carboxylic acids is 1. The van der Waals surface area contributed by atoms with E-state index < -0.39 is 0 Å². The number of carbonyl (C=O) groups is 1. The van der Waals surface area contributed by atoms with E-state index in [1.54, 1.807) is 6.92 Å². The van der Waals surface area contributed by atoms with Crippen LogP contribution in [-0.2, 0) is 6.54 Å². The van der Waals surface area contributed by atoms with Crippen molar-refractivity contribution in [3.8, 4) is 5.75 Å². The lowest BCUT2D eigenvalue weighted by Crippen LogP contribution is -2.70. The maximum Gasteiger partial charge on any atom is 0.159 e. The first-order valence-electron chi connectivity index (χ1n) is 9.34. The SMILES string of the molecule is CCOc1ccc(C(C)=O)cc1CN1CCN(C23CC(C2)C3)CC1. The van der Waals surface area contributed by atoms with Crippen molar-refractivity contribution in [2.24, 2.45) is 5.92 Å². The molecular formula is C20H28N2O2. The smallest absolute Gasteiger partial charge is 0.159 e. The number of benzene rings is 1. The van der Waals surface area contributed by atoms with Gasteiger partial charge in [0.05, 0.1) is 6.61 Å². The topological polar surface area (TPSA) is 32.8 Å². The number of nitrogens with zero attached hydrogens (tertiary/aromatic N) is 2. The molecule has 0 atom stereocenters. The van der Waals surface area contributed by atoms with Gasteiger partial charge in [-0.1, -0.05) is 0 Å². The molecule has 4 heteroatoms. The molecule has 5 rings (SSSR count). The van der Waals surface area contributed by atoms with Crippen molar-refractivity contribution in [1.82, 2.24) is 9.80 Å². The Hall–Kier alpha value is -1.39. The molecule has 1 aliphatic heterocycles. The van der Waals surface area contributed by atoms with Crippen LogP contribution in [0.1, 0.15) is 49.0 Å². The first-order valence-corrected chi connectivity index (χ1v) is 9.34. The molecule has 4 fully saturated rings. The van der Waals surface area contributed by atoms with E-state index in [1.807, 2.05) is 25.1 Å². The lowest BCUT2D eigenvalue weighted by Gasteiger charge is -2.67. The van der Waals surface area contributed by atoms with E-state index in [0.29, 0.717) is 12.1 Å². The highest BCUT2D eigenvalue weighted by atomic mass is 16.5. The zero-order valence-corrected chi connectivity index (χ0v) is 14.9. The van der Waals surface area contributed by atoms with Gasteiger partial charge in [0, 0.05) is 49.4 Å². The highest BCUT2D eigenvalue weighted by Gasteiger charge is 2.59. The maximum absolute atomic E-state index is 11.7. The lowest BCUT2D eigenvalue weighted by molar-refractivity contribution is -0.155. The molecule has 3 aliphatic carbocycles. The predicted octanol–water partition coefficient (Wildman–Crippen LogP) is 2.96. The maximum atomic E-state index is 11.7. The third kappa shape index (κ3) is 2.76. The number of hydrogen-bond acceptors (Lipinski definition) is 4. The van der Waals surface area contributed by atoms with Gasteiger partial charge in [-0.15, -0.1) is 0 Å². The molecule has 1 saturated heterocycles. The second-order valence-electron chi connectivity index (χ2n) is 7.78. The van der Waals surface area contributed by atoms with Gasteiger partial charge in [0.15, 0.2) is 5.78 Å². The highest BCUT2D eigenvalue weighted by molar-refractivity contribution is 5.94. The summed E-state index contributed by atoms with van der Waals surface area (Å²) in [5.74, 6) is 2.09. The number of ether oxygens (including phenoxy) is 1. The standard InChI is InChI=1S/C20H28N2O2/c1-3-24-19-5-4-17(15(2)23)10-18(19)14-21-6-8-22(9-7-21)20-11-16(12-20)13-20/h4-5,10,16H,3,6-9,11-14H2,1-2H3. The van der Waals surface area contributed by atoms with E-state index in [1.165, 1.54) is 32.4 Å². The van der Waals surface area contributed by atoms with E-state index >= 15 is 0 Å². The van der Waals surface area contributed by atoms with Crippen molar-refractivity contribution in [2.75, 3.05) is 32.8 Å². The van der Waals surface area contributed by atoms with E-state index in [0.717, 1.165) is 42.4 Å². The number of rotatable bonds is 6. The van der Waals surface area contributed by atoms with Crippen LogP contribution in [0.25, 0.3) is 0 Å². The van der Waals surface area contributed by atoms with Gasteiger partial charge >= 0.3 is 0 Å². The molecule has 0 spiro atoms. The minimum Gasteiger partial charge on any atom is -0.494 e. The van der Waals surface area contributed by atoms with E-state index in [4.69, 9.17) is 4.74 Å². The summed E-state index contributed by atoms with van der Waals surface area (Å²) in [5.41, 5.74) is 2.52. The number of piperazine rings is 1. The van der Waals surface area contributed by atoms with Crippen LogP contribution in [-0.4, -0.2) is 53.9 Å². The molecule has 2 bridgehead atoms. The Kier molecular flexibility index (Phi) is 4.13. The molecule has 130 valence electrons. The average Bonchev–Trinajstić information content (AvgIpc) is 2.48. The van der Waals surface area contributed by atoms with Gasteiger partial charge in [-0.25, -0.2) is 0 Å². The Morgan fingerprint density at radius 2 is 1.92 bits per heavy atom. The molecule has 0 unspecified atom stereocenters. The van der Waals surface area contributed by atoms with Crippen LogP contribution in [0.5, 0.6) is 5.75 Å². The number of hydrogen-bond donors (Lipinski definition) is 0. The van der Waals surface area contributed by atoms with Crippen LogP contribution < -0.4 is 4.74 Å². The van der Waals surface area contributed by atoms with Crippen molar-refractivity contribution < 1.29 is 9.53 Å². The van der Waals surface area contributed by atoms with E-state index in [2.05, 4.69) is 9.80 Å². The first-order chi connectivity index (χ1) is 11.6. The van der Waals surface area contributed by atoms with Crippen LogP contribution in [0.15, 0.2) is 18.2 Å². The molecule has 1 aromatic rings. The van der Waals surface area contributed by atoms with Gasteiger partial charge in [0.25, 0.3) is 0 Å². The third-order valence-corrected chi connectivity index (χ3v) is 6.21. The minimum atomic E-state index is 0.118. The van der Waals surface area contributed by atoms with Crippen LogP contribution in [0.3, 0.4) is 0 Å². The first kappa shape index (κ1) is 16.1. The summed E-state index contributed by atoms with van der Waals surface area (Å²) in [5, 5.41) is 0. The summed E-state index contributed by atoms with van der Waals surface area (Å²) in [6.45, 7) is 9.76. The van der Waals surface area contributed by atoms with Crippen molar-refractivity contribution >= 4 is 5.78 Å². The highest BCUT2D eigenvalue weighted by Crippen LogP contribution is 2.60. The zero-order valence-electron chi connectivity index (χ0n) is 14.9. The molecule has 1 heterocycles. The lowest BCUT2D eigenvalue weighted by atomic mass is 9.49. The fourth-order valence-electron chi connectivity index (χ4n) is 4.66. The van der Waals surface area contributed by atoms with E-state index in [-0.39, 0.29) is 5.78 Å². The number of ketones is 1. The van der Waals surface area contributed by atoms with Crippen LogP contribution in [0.4, 0.5) is 0 Å².